The fourth-order valence-corrected chi connectivity index (χ4v) is 14.9. The predicted molar refractivity (Wildman–Crippen MR) is 428 cm³/mol. The van der Waals surface area contributed by atoms with Gasteiger partial charge in [-0.3, -0.25) is 37.3 Å². The molecule has 104 heavy (non-hydrogen) atoms. The van der Waals surface area contributed by atoms with Gasteiger partial charge >= 0.3 is 39.5 Å². The molecule has 19 heteroatoms. The van der Waals surface area contributed by atoms with Crippen molar-refractivity contribution in [3.8, 4) is 0 Å². The normalized spacial score (nSPS) is 13.8. The van der Waals surface area contributed by atoms with Crippen molar-refractivity contribution < 1.29 is 80.2 Å². The summed E-state index contributed by atoms with van der Waals surface area (Å²) < 4.78 is 68.9. The molecule has 3 N–H and O–H groups in total. The number of carbonyl (C=O) groups excluding carboxylic acids is 4. The molecular weight excluding hydrogens is 1350 g/mol. The largest absolute Gasteiger partial charge is 0.472 e. The summed E-state index contributed by atoms with van der Waals surface area (Å²) in [5.41, 5.74) is 0. The van der Waals surface area contributed by atoms with Crippen LogP contribution in [-0.2, 0) is 65.4 Å². The zero-order valence-electron chi connectivity index (χ0n) is 68.2. The van der Waals surface area contributed by atoms with E-state index in [9.17, 15) is 43.2 Å². The molecule has 0 fully saturated rings. The van der Waals surface area contributed by atoms with E-state index in [1.165, 1.54) is 283 Å². The van der Waals surface area contributed by atoms with E-state index >= 15 is 0 Å². The molecule has 0 aliphatic heterocycles. The van der Waals surface area contributed by atoms with Gasteiger partial charge in [0.2, 0.25) is 0 Å². The number of aliphatic hydroxyl groups excluding tert-OH is 1. The van der Waals surface area contributed by atoms with Gasteiger partial charge in [0.1, 0.15) is 19.3 Å². The van der Waals surface area contributed by atoms with Gasteiger partial charge in [0.15, 0.2) is 12.2 Å². The van der Waals surface area contributed by atoms with Crippen LogP contribution >= 0.6 is 15.6 Å². The van der Waals surface area contributed by atoms with Gasteiger partial charge < -0.3 is 33.8 Å². The summed E-state index contributed by atoms with van der Waals surface area (Å²) in [4.78, 5) is 73.2. The van der Waals surface area contributed by atoms with Crippen molar-refractivity contribution in [1.82, 2.24) is 0 Å². The summed E-state index contributed by atoms with van der Waals surface area (Å²) in [7, 11) is -9.93. The number of carbonyl (C=O) groups is 4. The topological polar surface area (TPSA) is 237 Å². The van der Waals surface area contributed by atoms with Gasteiger partial charge in [0.05, 0.1) is 26.4 Å². The molecule has 0 bridgehead atoms. The van der Waals surface area contributed by atoms with Crippen molar-refractivity contribution in [1.29, 1.82) is 0 Å². The summed E-state index contributed by atoms with van der Waals surface area (Å²) >= 11 is 0. The molecule has 0 saturated heterocycles. The molecule has 618 valence electrons. The van der Waals surface area contributed by atoms with E-state index in [0.717, 1.165) is 95.8 Å². The highest BCUT2D eigenvalue weighted by Gasteiger charge is 2.30. The van der Waals surface area contributed by atoms with Gasteiger partial charge in [-0.1, -0.05) is 407 Å². The number of esters is 4. The molecule has 5 atom stereocenters. The van der Waals surface area contributed by atoms with Crippen molar-refractivity contribution in [2.24, 2.45) is 5.92 Å². The Bertz CT molecular complexity index is 1980. The van der Waals surface area contributed by atoms with Crippen LogP contribution in [-0.4, -0.2) is 96.7 Å². The average molecular weight is 1520 g/mol. The minimum absolute atomic E-state index is 0.109. The van der Waals surface area contributed by atoms with Gasteiger partial charge in [-0.15, -0.1) is 0 Å². The van der Waals surface area contributed by atoms with Gasteiger partial charge in [-0.05, 0) is 31.6 Å². The fourth-order valence-electron chi connectivity index (χ4n) is 13.3. The number of aliphatic hydroxyl groups is 1. The monoisotopic (exact) mass is 1520 g/mol. The maximum Gasteiger partial charge on any atom is 0.472 e. The summed E-state index contributed by atoms with van der Waals surface area (Å²) in [6.45, 7) is 7.41. The standard InChI is InChI=1S/C85H166O17P2/c1-6-9-12-15-18-21-24-27-33-39-44-49-54-59-64-69-83(88)96-75-81(102-85(90)71-66-61-56-51-46-41-36-32-30-29-31-35-38-42-47-52-57-62-67-78(4)5)77-100-104(93,94)98-73-79(86)72-97-103(91,92)99-76-80(74-95-82(87)68-63-58-53-48-43-37-26-23-20-17-14-11-8-3)101-84(89)70-65-60-55-50-45-40-34-28-25-22-19-16-13-10-7-2/h78-81,86H,6-77H2,1-5H3,(H,91,92)(H,93,94)/t79-,80+,81+/m0/s1. The third kappa shape index (κ3) is 78.2. The minimum Gasteiger partial charge on any atom is -0.462 e. The maximum atomic E-state index is 13.1. The number of unbranched alkanes of at least 4 members (excludes halogenated alkanes) is 57. The highest BCUT2D eigenvalue weighted by molar-refractivity contribution is 7.47. The van der Waals surface area contributed by atoms with Gasteiger partial charge in [0, 0.05) is 25.7 Å². The predicted octanol–water partition coefficient (Wildman–Crippen LogP) is 26.0. The zero-order valence-corrected chi connectivity index (χ0v) is 70.0. The molecule has 0 aromatic rings. The molecule has 0 aromatic carbocycles. The molecule has 0 amide bonds. The zero-order chi connectivity index (χ0) is 76.2. The molecule has 0 radical (unpaired) electrons. The Hall–Kier alpha value is -1.94. The molecule has 0 saturated carbocycles. The first-order valence-electron chi connectivity index (χ1n) is 44.1. The van der Waals surface area contributed by atoms with E-state index in [1.54, 1.807) is 0 Å². The van der Waals surface area contributed by atoms with Crippen LogP contribution in [0.25, 0.3) is 0 Å². The fraction of sp³-hybridized carbons (Fsp3) is 0.953. The number of hydrogen-bond acceptors (Lipinski definition) is 15. The molecule has 0 aromatic heterocycles. The lowest BCUT2D eigenvalue weighted by atomic mass is 10.0. The molecule has 0 aliphatic carbocycles. The third-order valence-corrected chi connectivity index (χ3v) is 21.9. The van der Waals surface area contributed by atoms with E-state index in [1.807, 2.05) is 0 Å². The molecule has 17 nitrogen and oxygen atoms in total. The van der Waals surface area contributed by atoms with E-state index in [2.05, 4.69) is 34.6 Å². The number of rotatable bonds is 85. The van der Waals surface area contributed by atoms with Crippen LogP contribution in [0.15, 0.2) is 0 Å². The van der Waals surface area contributed by atoms with E-state index in [-0.39, 0.29) is 25.7 Å². The summed E-state index contributed by atoms with van der Waals surface area (Å²) in [6, 6.07) is 0. The van der Waals surface area contributed by atoms with Crippen LogP contribution in [0.3, 0.4) is 0 Å². The number of phosphoric acid groups is 2. The van der Waals surface area contributed by atoms with Crippen molar-refractivity contribution in [2.75, 3.05) is 39.6 Å². The van der Waals surface area contributed by atoms with Gasteiger partial charge in [-0.2, -0.15) is 0 Å². The van der Waals surface area contributed by atoms with Crippen molar-refractivity contribution in [2.45, 2.75) is 477 Å². The number of ether oxygens (including phenoxy) is 4. The summed E-state index contributed by atoms with van der Waals surface area (Å²) in [6.07, 6.45) is 70.6. The van der Waals surface area contributed by atoms with Crippen LogP contribution in [0.2, 0.25) is 0 Å². The van der Waals surface area contributed by atoms with Crippen molar-refractivity contribution in [3.05, 3.63) is 0 Å². The van der Waals surface area contributed by atoms with Crippen LogP contribution in [0.1, 0.15) is 458 Å². The Morgan fingerprint density at radius 1 is 0.260 bits per heavy atom. The van der Waals surface area contributed by atoms with Crippen LogP contribution in [0, 0.1) is 5.92 Å². The SMILES string of the molecule is CCCCCCCCCCCCCCCCCC(=O)OC[C@H](COP(=O)(O)OC[C@@H](O)COP(=O)(O)OC[C@@H](COC(=O)CCCCCCCCCCCCCCC)OC(=O)CCCCCCCCCCCCCCCCC)OC(=O)CCCCCCCCCCCCCCCCCCCCC(C)C. The van der Waals surface area contributed by atoms with Crippen LogP contribution in [0.4, 0.5) is 0 Å². The molecule has 0 rings (SSSR count). The minimum atomic E-state index is -4.96. The second kappa shape index (κ2) is 77.8. The average Bonchev–Trinajstić information content (AvgIpc) is 0.912. The first kappa shape index (κ1) is 102. The Morgan fingerprint density at radius 2 is 0.442 bits per heavy atom. The van der Waals surface area contributed by atoms with Crippen LogP contribution < -0.4 is 0 Å². The Balaban J connectivity index is 5.24. The molecule has 0 aliphatic rings. The van der Waals surface area contributed by atoms with E-state index < -0.39 is 97.5 Å². The summed E-state index contributed by atoms with van der Waals surface area (Å²) in [5, 5.41) is 10.7. The molecule has 0 heterocycles. The van der Waals surface area contributed by atoms with Gasteiger partial charge in [-0.25, -0.2) is 9.13 Å². The smallest absolute Gasteiger partial charge is 0.462 e. The van der Waals surface area contributed by atoms with Crippen molar-refractivity contribution >= 4 is 39.5 Å². The molecule has 0 spiro atoms. The Kier molecular flexibility index (Phi) is 76.3. The lowest BCUT2D eigenvalue weighted by Gasteiger charge is -2.21. The number of hydrogen-bond donors (Lipinski definition) is 3. The lowest BCUT2D eigenvalue weighted by Crippen LogP contribution is -2.30. The Labute approximate surface area is 638 Å². The van der Waals surface area contributed by atoms with E-state index in [0.29, 0.717) is 25.7 Å². The Morgan fingerprint density at radius 3 is 0.654 bits per heavy atom. The first-order valence-corrected chi connectivity index (χ1v) is 47.1. The molecule has 2 unspecified atom stereocenters. The summed E-state index contributed by atoms with van der Waals surface area (Å²) in [5.74, 6) is -1.28. The van der Waals surface area contributed by atoms with Crippen LogP contribution in [0.5, 0.6) is 0 Å². The lowest BCUT2D eigenvalue weighted by molar-refractivity contribution is -0.161. The third-order valence-electron chi connectivity index (χ3n) is 20.0. The second-order valence-corrected chi connectivity index (χ2v) is 34.0. The first-order chi connectivity index (χ1) is 50.5. The van der Waals surface area contributed by atoms with Crippen molar-refractivity contribution in [3.63, 3.8) is 0 Å². The van der Waals surface area contributed by atoms with E-state index in [4.69, 9.17) is 37.0 Å². The second-order valence-electron chi connectivity index (χ2n) is 31.1. The number of phosphoric ester groups is 2. The van der Waals surface area contributed by atoms with Gasteiger partial charge in [0.25, 0.3) is 0 Å². The highest BCUT2D eigenvalue weighted by Crippen LogP contribution is 2.45. The quantitative estimate of drug-likeness (QED) is 0.0222. The maximum absolute atomic E-state index is 13.1. The molecular formula is C85H166O17P2. The highest BCUT2D eigenvalue weighted by atomic mass is 31.2.